The molecule has 1 aliphatic heterocycles. The van der Waals surface area contributed by atoms with Crippen molar-refractivity contribution in [2.75, 3.05) is 5.75 Å². The predicted octanol–water partition coefficient (Wildman–Crippen LogP) is 2.96. The lowest BCUT2D eigenvalue weighted by Gasteiger charge is -2.27. The minimum absolute atomic E-state index is 0.150. The van der Waals surface area contributed by atoms with E-state index >= 15 is 0 Å². The third-order valence-electron chi connectivity index (χ3n) is 3.16. The zero-order valence-corrected chi connectivity index (χ0v) is 12.3. The molecule has 0 atom stereocenters. The molecule has 0 bridgehead atoms. The summed E-state index contributed by atoms with van der Waals surface area (Å²) in [6.07, 6.45) is 0. The highest BCUT2D eigenvalue weighted by Crippen LogP contribution is 2.49. The van der Waals surface area contributed by atoms with Gasteiger partial charge in [0.2, 0.25) is 5.91 Å². The lowest BCUT2D eigenvalue weighted by molar-refractivity contribution is -0.118. The summed E-state index contributed by atoms with van der Waals surface area (Å²) in [4.78, 5) is 13.9. The van der Waals surface area contributed by atoms with E-state index in [1.54, 1.807) is 23.5 Å². The van der Waals surface area contributed by atoms with E-state index in [2.05, 4.69) is 29.7 Å². The Labute approximate surface area is 126 Å². The second-order valence-electron chi connectivity index (χ2n) is 4.44. The number of fused-ring (bicyclic) bond motifs is 2. The van der Waals surface area contributed by atoms with Gasteiger partial charge in [-0.05, 0) is 23.3 Å². The van der Waals surface area contributed by atoms with Gasteiger partial charge in [-0.15, -0.1) is 11.8 Å². The molecule has 102 valence electrons. The number of benzene rings is 2. The molecule has 0 saturated carbocycles. The van der Waals surface area contributed by atoms with Crippen molar-refractivity contribution in [3.8, 4) is 0 Å². The van der Waals surface area contributed by atoms with Crippen molar-refractivity contribution < 1.29 is 4.79 Å². The van der Waals surface area contributed by atoms with E-state index in [-0.39, 0.29) is 11.2 Å². The summed E-state index contributed by atoms with van der Waals surface area (Å²) >= 11 is 3.40. The van der Waals surface area contributed by atoms with Crippen LogP contribution < -0.4 is 11.3 Å². The molecule has 20 heavy (non-hydrogen) atoms. The van der Waals surface area contributed by atoms with Gasteiger partial charge in [0.05, 0.1) is 11.0 Å². The number of hydrogen-bond donors (Lipinski definition) is 2. The van der Waals surface area contributed by atoms with Crippen LogP contribution in [0.3, 0.4) is 0 Å². The Morgan fingerprint density at radius 1 is 1.10 bits per heavy atom. The molecule has 0 fully saturated rings. The Bertz CT molecular complexity index is 600. The van der Waals surface area contributed by atoms with Crippen LogP contribution in [-0.4, -0.2) is 11.7 Å². The van der Waals surface area contributed by atoms with Gasteiger partial charge < -0.3 is 0 Å². The van der Waals surface area contributed by atoms with Crippen LogP contribution in [0.4, 0.5) is 0 Å². The van der Waals surface area contributed by atoms with Crippen molar-refractivity contribution >= 4 is 29.4 Å². The van der Waals surface area contributed by atoms with E-state index in [4.69, 9.17) is 5.84 Å². The van der Waals surface area contributed by atoms with Crippen molar-refractivity contribution in [2.45, 2.75) is 15.0 Å². The number of hydrazine groups is 1. The maximum absolute atomic E-state index is 11.4. The van der Waals surface area contributed by atoms with E-state index < -0.39 is 0 Å². The van der Waals surface area contributed by atoms with Crippen molar-refractivity contribution in [1.82, 2.24) is 5.43 Å². The van der Waals surface area contributed by atoms with Crippen LogP contribution in [0.1, 0.15) is 16.4 Å². The number of nitrogens with two attached hydrogens (primary N) is 1. The Kier molecular flexibility index (Phi) is 4.00. The summed E-state index contributed by atoms with van der Waals surface area (Å²) in [5.41, 5.74) is 4.73. The minimum atomic E-state index is -0.150. The van der Waals surface area contributed by atoms with E-state index in [1.807, 2.05) is 24.3 Å². The minimum Gasteiger partial charge on any atom is -0.294 e. The fourth-order valence-electron chi connectivity index (χ4n) is 2.25. The van der Waals surface area contributed by atoms with Crippen molar-refractivity contribution in [3.63, 3.8) is 0 Å². The molecular weight excluding hydrogens is 288 g/mol. The highest BCUT2D eigenvalue weighted by Gasteiger charge is 2.26. The molecule has 1 aliphatic rings. The monoisotopic (exact) mass is 302 g/mol. The summed E-state index contributed by atoms with van der Waals surface area (Å²) in [7, 11) is 0. The van der Waals surface area contributed by atoms with Gasteiger partial charge in [0.1, 0.15) is 0 Å². The van der Waals surface area contributed by atoms with Gasteiger partial charge in [-0.25, -0.2) is 5.84 Å². The molecule has 1 heterocycles. The molecule has 5 heteroatoms. The van der Waals surface area contributed by atoms with E-state index in [0.717, 1.165) is 0 Å². The van der Waals surface area contributed by atoms with E-state index in [1.165, 1.54) is 20.9 Å². The highest BCUT2D eigenvalue weighted by molar-refractivity contribution is 8.01. The number of carbonyl (C=O) groups is 1. The van der Waals surface area contributed by atoms with E-state index in [9.17, 15) is 4.79 Å². The summed E-state index contributed by atoms with van der Waals surface area (Å²) in [5, 5.41) is 0.181. The zero-order valence-electron chi connectivity index (χ0n) is 10.7. The predicted molar refractivity (Wildman–Crippen MR) is 83.6 cm³/mol. The zero-order chi connectivity index (χ0) is 13.9. The lowest BCUT2D eigenvalue weighted by Crippen LogP contribution is -2.31. The molecule has 0 saturated heterocycles. The first-order valence-electron chi connectivity index (χ1n) is 6.26. The summed E-state index contributed by atoms with van der Waals surface area (Å²) in [6.45, 7) is 0. The van der Waals surface area contributed by atoms with Gasteiger partial charge in [-0.3, -0.25) is 10.2 Å². The summed E-state index contributed by atoms with van der Waals surface area (Å²) in [5.74, 6) is 5.37. The quantitative estimate of drug-likeness (QED) is 0.520. The number of hydrogen-bond acceptors (Lipinski definition) is 4. The van der Waals surface area contributed by atoms with Gasteiger partial charge in [0, 0.05) is 9.79 Å². The maximum Gasteiger partial charge on any atom is 0.243 e. The molecule has 3 rings (SSSR count). The van der Waals surface area contributed by atoms with Crippen LogP contribution in [0.15, 0.2) is 58.3 Å². The highest BCUT2D eigenvalue weighted by atomic mass is 32.2. The van der Waals surface area contributed by atoms with Gasteiger partial charge in [-0.1, -0.05) is 48.2 Å². The van der Waals surface area contributed by atoms with Crippen molar-refractivity contribution in [3.05, 3.63) is 59.7 Å². The summed E-state index contributed by atoms with van der Waals surface area (Å²) in [6, 6.07) is 16.7. The smallest absolute Gasteiger partial charge is 0.243 e. The first-order chi connectivity index (χ1) is 9.79. The lowest BCUT2D eigenvalue weighted by atomic mass is 10.0. The van der Waals surface area contributed by atoms with Crippen molar-refractivity contribution in [1.29, 1.82) is 0 Å². The first kappa shape index (κ1) is 13.5. The molecule has 0 aromatic heterocycles. The largest absolute Gasteiger partial charge is 0.294 e. The van der Waals surface area contributed by atoms with Crippen molar-refractivity contribution in [2.24, 2.45) is 5.84 Å². The molecule has 0 aliphatic carbocycles. The standard InChI is InChI=1S/C15H14N2OS2/c16-17-14(18)9-19-15-10-5-1-3-7-12(10)20-13-8-4-2-6-11(13)15/h1-8,15H,9,16H2,(H,17,18). The summed E-state index contributed by atoms with van der Waals surface area (Å²) < 4.78 is 0. The third kappa shape index (κ3) is 2.57. The second kappa shape index (κ2) is 5.91. The van der Waals surface area contributed by atoms with Gasteiger partial charge in [0.25, 0.3) is 0 Å². The fourth-order valence-corrected chi connectivity index (χ4v) is 4.70. The van der Waals surface area contributed by atoms with Gasteiger partial charge in [-0.2, -0.15) is 0 Å². The Balaban J connectivity index is 1.97. The Morgan fingerprint density at radius 2 is 1.65 bits per heavy atom. The van der Waals surface area contributed by atoms with Crippen LogP contribution in [0.5, 0.6) is 0 Å². The topological polar surface area (TPSA) is 55.1 Å². The average Bonchev–Trinajstić information content (AvgIpc) is 2.51. The maximum atomic E-state index is 11.4. The molecule has 1 amide bonds. The Morgan fingerprint density at radius 3 is 2.20 bits per heavy atom. The van der Waals surface area contributed by atoms with E-state index in [0.29, 0.717) is 5.75 Å². The van der Waals surface area contributed by atoms with Gasteiger partial charge >= 0.3 is 0 Å². The molecular formula is C15H14N2OS2. The molecule has 0 spiro atoms. The number of nitrogens with one attached hydrogen (secondary N) is 1. The van der Waals surface area contributed by atoms with Crippen LogP contribution in [0, 0.1) is 0 Å². The molecule has 3 N–H and O–H groups in total. The van der Waals surface area contributed by atoms with Crippen LogP contribution in [0.2, 0.25) is 0 Å². The second-order valence-corrected chi connectivity index (χ2v) is 6.61. The molecule has 2 aromatic carbocycles. The average molecular weight is 302 g/mol. The third-order valence-corrected chi connectivity index (χ3v) is 5.62. The number of carbonyl (C=O) groups excluding carboxylic acids is 1. The first-order valence-corrected chi connectivity index (χ1v) is 8.13. The fraction of sp³-hybridized carbons (Fsp3) is 0.133. The normalized spacial score (nSPS) is 13.4. The van der Waals surface area contributed by atoms with Crippen LogP contribution >= 0.6 is 23.5 Å². The molecule has 0 unspecified atom stereocenters. The van der Waals surface area contributed by atoms with Gasteiger partial charge in [0.15, 0.2) is 0 Å². The molecule has 2 aromatic rings. The number of thioether (sulfide) groups is 1. The van der Waals surface area contributed by atoms with Crippen LogP contribution in [0.25, 0.3) is 0 Å². The number of rotatable bonds is 3. The Hall–Kier alpha value is -1.43. The number of amides is 1. The molecule has 0 radical (unpaired) electrons. The SMILES string of the molecule is NNC(=O)CSC1c2ccccc2Sc2ccccc21. The molecule has 3 nitrogen and oxygen atoms in total. The van der Waals surface area contributed by atoms with Crippen LogP contribution in [-0.2, 0) is 4.79 Å².